The van der Waals surface area contributed by atoms with Crippen molar-refractivity contribution in [1.29, 1.82) is 0 Å². The molecule has 1 rings (SSSR count). The van der Waals surface area contributed by atoms with E-state index >= 15 is 0 Å². The van der Waals surface area contributed by atoms with Gasteiger partial charge < -0.3 is 14.6 Å². The first kappa shape index (κ1) is 15.7. The molecule has 0 bridgehead atoms. The third-order valence-corrected chi connectivity index (χ3v) is 2.41. The van der Waals surface area contributed by atoms with E-state index < -0.39 is 0 Å². The summed E-state index contributed by atoms with van der Waals surface area (Å²) in [7, 11) is 4.68. The van der Waals surface area contributed by atoms with Gasteiger partial charge in [-0.3, -0.25) is 4.79 Å². The van der Waals surface area contributed by atoms with Crippen LogP contribution in [0.1, 0.15) is 12.5 Å². The van der Waals surface area contributed by atoms with Gasteiger partial charge in [0.25, 0.3) is 5.91 Å². The Morgan fingerprint density at radius 1 is 1.20 bits per heavy atom. The molecule has 0 aromatic heterocycles. The molecule has 0 aliphatic heterocycles. The summed E-state index contributed by atoms with van der Waals surface area (Å²) in [5.41, 5.74) is 1.45. The van der Waals surface area contributed by atoms with E-state index in [1.807, 2.05) is 30.3 Å². The van der Waals surface area contributed by atoms with Crippen LogP contribution in [0.5, 0.6) is 0 Å². The van der Waals surface area contributed by atoms with Crippen molar-refractivity contribution in [1.82, 2.24) is 4.90 Å². The highest BCUT2D eigenvalue weighted by Gasteiger charge is 2.18. The molecule has 20 heavy (non-hydrogen) atoms. The topological polar surface area (TPSA) is 63.5 Å². The van der Waals surface area contributed by atoms with Gasteiger partial charge in [0.1, 0.15) is 19.4 Å². The SMILES string of the molecule is CON=C(C)C(=NOCc1ccccc1)C(=O)N(C)C. The number of carbonyl (C=O) groups is 1. The second-order valence-electron chi connectivity index (χ2n) is 4.26. The van der Waals surface area contributed by atoms with Gasteiger partial charge >= 0.3 is 0 Å². The summed E-state index contributed by atoms with van der Waals surface area (Å²) < 4.78 is 0. The number of amides is 1. The molecule has 0 saturated carbocycles. The van der Waals surface area contributed by atoms with Crippen LogP contribution in [0, 0.1) is 0 Å². The molecule has 0 aliphatic rings. The number of rotatable bonds is 6. The van der Waals surface area contributed by atoms with Gasteiger partial charge in [0.15, 0.2) is 5.71 Å². The van der Waals surface area contributed by atoms with Crippen molar-refractivity contribution in [2.75, 3.05) is 21.2 Å². The predicted octanol–water partition coefficient (Wildman–Crippen LogP) is 1.67. The third kappa shape index (κ3) is 4.72. The summed E-state index contributed by atoms with van der Waals surface area (Å²) in [5.74, 6) is -0.295. The smallest absolute Gasteiger partial charge is 0.277 e. The molecule has 0 spiro atoms. The first-order valence-electron chi connectivity index (χ1n) is 6.10. The highest BCUT2D eigenvalue weighted by atomic mass is 16.6. The maximum Gasteiger partial charge on any atom is 0.277 e. The van der Waals surface area contributed by atoms with Gasteiger partial charge in [-0.2, -0.15) is 0 Å². The average molecular weight is 277 g/mol. The molecule has 0 N–H and O–H groups in total. The standard InChI is InChI=1S/C14H19N3O3/c1-11(15-19-4)13(14(18)17(2)3)16-20-10-12-8-6-5-7-9-12/h5-9H,10H2,1-4H3. The monoisotopic (exact) mass is 277 g/mol. The van der Waals surface area contributed by atoms with E-state index in [0.717, 1.165) is 5.56 Å². The van der Waals surface area contributed by atoms with Crippen molar-refractivity contribution in [2.24, 2.45) is 10.3 Å². The van der Waals surface area contributed by atoms with E-state index in [9.17, 15) is 4.79 Å². The predicted molar refractivity (Wildman–Crippen MR) is 77.5 cm³/mol. The Labute approximate surface area is 118 Å². The maximum absolute atomic E-state index is 12.0. The fourth-order valence-electron chi connectivity index (χ4n) is 1.40. The molecule has 1 aromatic rings. The molecular formula is C14H19N3O3. The zero-order valence-electron chi connectivity index (χ0n) is 12.2. The van der Waals surface area contributed by atoms with Crippen molar-refractivity contribution in [3.63, 3.8) is 0 Å². The Balaban J connectivity index is 2.80. The minimum atomic E-state index is -0.295. The number of benzene rings is 1. The molecular weight excluding hydrogens is 258 g/mol. The average Bonchev–Trinajstić information content (AvgIpc) is 2.44. The lowest BCUT2D eigenvalue weighted by molar-refractivity contribution is -0.121. The van der Waals surface area contributed by atoms with E-state index in [0.29, 0.717) is 5.71 Å². The minimum Gasteiger partial charge on any atom is -0.399 e. The van der Waals surface area contributed by atoms with Crippen LogP contribution in [0.15, 0.2) is 40.6 Å². The molecule has 0 saturated heterocycles. The van der Waals surface area contributed by atoms with Gasteiger partial charge in [-0.1, -0.05) is 40.6 Å². The molecule has 1 amide bonds. The second-order valence-corrected chi connectivity index (χ2v) is 4.26. The maximum atomic E-state index is 12.0. The van der Waals surface area contributed by atoms with Crippen molar-refractivity contribution in [3.05, 3.63) is 35.9 Å². The summed E-state index contributed by atoms with van der Waals surface area (Å²) >= 11 is 0. The van der Waals surface area contributed by atoms with E-state index in [1.54, 1.807) is 21.0 Å². The molecule has 6 nitrogen and oxygen atoms in total. The fraction of sp³-hybridized carbons (Fsp3) is 0.357. The first-order chi connectivity index (χ1) is 9.56. The van der Waals surface area contributed by atoms with E-state index in [-0.39, 0.29) is 18.2 Å². The number of hydrogen-bond donors (Lipinski definition) is 0. The highest BCUT2D eigenvalue weighted by Crippen LogP contribution is 2.02. The number of hydrogen-bond acceptors (Lipinski definition) is 5. The minimum absolute atomic E-state index is 0.118. The number of oxime groups is 2. The third-order valence-electron chi connectivity index (χ3n) is 2.41. The number of nitrogens with zero attached hydrogens (tertiary/aromatic N) is 3. The van der Waals surface area contributed by atoms with Gasteiger partial charge in [-0.25, -0.2) is 0 Å². The van der Waals surface area contributed by atoms with E-state index in [1.165, 1.54) is 12.0 Å². The van der Waals surface area contributed by atoms with Crippen LogP contribution in [-0.4, -0.2) is 43.4 Å². The number of carbonyl (C=O) groups excluding carboxylic acids is 1. The zero-order chi connectivity index (χ0) is 15.0. The second kappa shape index (κ2) is 7.93. The van der Waals surface area contributed by atoms with Crippen LogP contribution in [-0.2, 0) is 21.1 Å². The van der Waals surface area contributed by atoms with Crippen molar-refractivity contribution < 1.29 is 14.5 Å². The van der Waals surface area contributed by atoms with Crippen molar-refractivity contribution in [3.8, 4) is 0 Å². The summed E-state index contributed by atoms with van der Waals surface area (Å²) in [6.45, 7) is 1.92. The lowest BCUT2D eigenvalue weighted by Gasteiger charge is -2.11. The lowest BCUT2D eigenvalue weighted by atomic mass is 10.2. The van der Waals surface area contributed by atoms with Crippen LogP contribution in [0.2, 0.25) is 0 Å². The molecule has 108 valence electrons. The van der Waals surface area contributed by atoms with Crippen LogP contribution in [0.25, 0.3) is 0 Å². The molecule has 0 unspecified atom stereocenters. The van der Waals surface area contributed by atoms with Crippen LogP contribution < -0.4 is 0 Å². The van der Waals surface area contributed by atoms with Crippen LogP contribution in [0.3, 0.4) is 0 Å². The molecule has 0 heterocycles. The molecule has 0 aliphatic carbocycles. The van der Waals surface area contributed by atoms with Gasteiger partial charge in [-0.15, -0.1) is 0 Å². The quantitative estimate of drug-likeness (QED) is 0.587. The Hall–Kier alpha value is -2.37. The zero-order valence-corrected chi connectivity index (χ0v) is 12.2. The van der Waals surface area contributed by atoms with E-state index in [4.69, 9.17) is 4.84 Å². The largest absolute Gasteiger partial charge is 0.399 e. The lowest BCUT2D eigenvalue weighted by Crippen LogP contribution is -2.34. The summed E-state index contributed by atoms with van der Waals surface area (Å²) in [4.78, 5) is 23.3. The Morgan fingerprint density at radius 3 is 2.40 bits per heavy atom. The van der Waals surface area contributed by atoms with Crippen molar-refractivity contribution in [2.45, 2.75) is 13.5 Å². The first-order valence-corrected chi connectivity index (χ1v) is 6.10. The molecule has 6 heteroatoms. The summed E-state index contributed by atoms with van der Waals surface area (Å²) in [6.07, 6.45) is 0. The molecule has 1 aromatic carbocycles. The Bertz CT molecular complexity index is 496. The summed E-state index contributed by atoms with van der Waals surface area (Å²) in [6, 6.07) is 9.57. The van der Waals surface area contributed by atoms with Crippen LogP contribution in [0.4, 0.5) is 0 Å². The van der Waals surface area contributed by atoms with Gasteiger partial charge in [-0.05, 0) is 12.5 Å². The molecule has 0 atom stereocenters. The highest BCUT2D eigenvalue weighted by molar-refractivity contribution is 6.66. The Morgan fingerprint density at radius 2 is 1.85 bits per heavy atom. The summed E-state index contributed by atoms with van der Waals surface area (Å²) in [5, 5.41) is 7.59. The van der Waals surface area contributed by atoms with Gasteiger partial charge in [0.2, 0.25) is 0 Å². The van der Waals surface area contributed by atoms with Gasteiger partial charge in [0.05, 0.1) is 0 Å². The normalized spacial score (nSPS) is 12.0. The Kier molecular flexibility index (Phi) is 6.22. The fourth-order valence-corrected chi connectivity index (χ4v) is 1.40. The molecule has 0 fully saturated rings. The van der Waals surface area contributed by atoms with Crippen molar-refractivity contribution >= 4 is 17.3 Å². The van der Waals surface area contributed by atoms with E-state index in [2.05, 4.69) is 15.1 Å². The van der Waals surface area contributed by atoms with Gasteiger partial charge in [0, 0.05) is 14.1 Å². The molecule has 0 radical (unpaired) electrons. The van der Waals surface area contributed by atoms with Crippen LogP contribution >= 0.6 is 0 Å².